The molecule has 0 aliphatic carbocycles. The lowest BCUT2D eigenvalue weighted by molar-refractivity contribution is -0.870. The molecule has 1 aromatic heterocycles. The molecule has 1 rings (SSSR count). The van der Waals surface area contributed by atoms with Gasteiger partial charge in [-0.2, -0.15) is 0 Å². The second-order valence-electron chi connectivity index (χ2n) is 4.57. The second-order valence-corrected chi connectivity index (χ2v) is 4.57. The van der Waals surface area contributed by atoms with Crippen LogP contribution < -0.4 is 0 Å². The van der Waals surface area contributed by atoms with Crippen molar-refractivity contribution in [3.8, 4) is 0 Å². The smallest absolute Gasteiger partial charge is 0.374 e. The molecule has 1 N–H and O–H groups in total. The fourth-order valence-corrected chi connectivity index (χ4v) is 1.06. The molecule has 0 spiro atoms. The minimum atomic E-state index is -0.492. The predicted octanol–water partition coefficient (Wildman–Crippen LogP) is 0.635. The number of hydrogen-bond donors (Lipinski definition) is 1. The van der Waals surface area contributed by atoms with Crippen LogP contribution in [-0.4, -0.2) is 49.9 Å². The summed E-state index contributed by atoms with van der Waals surface area (Å²) in [6.45, 7) is 0.864. The highest BCUT2D eigenvalue weighted by molar-refractivity contribution is 5.86. The van der Waals surface area contributed by atoms with Gasteiger partial charge in [0.2, 0.25) is 5.76 Å². The van der Waals surface area contributed by atoms with Crippen LogP contribution in [-0.2, 0) is 11.3 Å². The minimum absolute atomic E-state index is 0.130. The lowest BCUT2D eigenvalue weighted by Gasteiger charge is -2.23. The van der Waals surface area contributed by atoms with Crippen molar-refractivity contribution in [2.75, 3.05) is 34.3 Å². The fraction of sp³-hybridized carbons (Fsp3) is 0.545. The summed E-state index contributed by atoms with van der Waals surface area (Å²) in [6, 6.07) is 3.05. The number of esters is 1. The topological polar surface area (TPSA) is 59.7 Å². The van der Waals surface area contributed by atoms with Crippen LogP contribution >= 0.6 is 0 Å². The van der Waals surface area contributed by atoms with Gasteiger partial charge in [0, 0.05) is 0 Å². The fourth-order valence-electron chi connectivity index (χ4n) is 1.06. The highest BCUT2D eigenvalue weighted by Crippen LogP contribution is 2.09. The van der Waals surface area contributed by atoms with E-state index < -0.39 is 5.97 Å². The van der Waals surface area contributed by atoms with E-state index in [2.05, 4.69) is 0 Å². The van der Waals surface area contributed by atoms with Crippen molar-refractivity contribution in [1.82, 2.24) is 0 Å². The van der Waals surface area contributed by atoms with Gasteiger partial charge in [-0.1, -0.05) is 0 Å². The first-order chi connectivity index (χ1) is 7.42. The summed E-state index contributed by atoms with van der Waals surface area (Å²) in [7, 11) is 6.06. The van der Waals surface area contributed by atoms with Crippen LogP contribution in [0.15, 0.2) is 16.5 Å². The zero-order valence-electron chi connectivity index (χ0n) is 9.90. The Labute approximate surface area is 94.8 Å². The zero-order valence-corrected chi connectivity index (χ0v) is 9.90. The number of nitrogens with zero attached hydrogens (tertiary/aromatic N) is 1. The molecule has 0 aliphatic rings. The van der Waals surface area contributed by atoms with E-state index in [0.717, 1.165) is 11.0 Å². The number of furan rings is 1. The highest BCUT2D eigenvalue weighted by Gasteiger charge is 2.14. The standard InChI is InChI=1S/C11H18NO4/c1-12(2,3)6-7-15-11(14)10-5-4-9(8-13)16-10/h4-5,13H,6-8H2,1-3H3/q+1. The number of aliphatic hydroxyl groups is 1. The Balaban J connectivity index is 2.41. The van der Waals surface area contributed by atoms with Crippen molar-refractivity contribution in [2.24, 2.45) is 0 Å². The van der Waals surface area contributed by atoms with E-state index in [1.165, 1.54) is 6.07 Å². The van der Waals surface area contributed by atoms with E-state index in [1.54, 1.807) is 6.07 Å². The highest BCUT2D eigenvalue weighted by atomic mass is 16.5. The molecule has 0 saturated heterocycles. The maximum Gasteiger partial charge on any atom is 0.374 e. The van der Waals surface area contributed by atoms with Crippen LogP contribution in [0.3, 0.4) is 0 Å². The number of carbonyl (C=O) groups excluding carboxylic acids is 1. The average molecular weight is 228 g/mol. The van der Waals surface area contributed by atoms with Crippen molar-refractivity contribution in [3.63, 3.8) is 0 Å². The molecule has 5 heteroatoms. The van der Waals surface area contributed by atoms with E-state index >= 15 is 0 Å². The zero-order chi connectivity index (χ0) is 12.2. The first-order valence-corrected chi connectivity index (χ1v) is 5.09. The summed E-state index contributed by atoms with van der Waals surface area (Å²) in [5.74, 6) is -0.00263. The number of rotatable bonds is 5. The number of carbonyl (C=O) groups is 1. The summed E-state index contributed by atoms with van der Waals surface area (Å²) >= 11 is 0. The quantitative estimate of drug-likeness (QED) is 0.593. The Hall–Kier alpha value is -1.33. The summed E-state index contributed by atoms with van der Waals surface area (Å²) in [5.41, 5.74) is 0. The molecule has 5 nitrogen and oxygen atoms in total. The molecule has 0 atom stereocenters. The number of ether oxygens (including phenoxy) is 1. The summed E-state index contributed by atoms with van der Waals surface area (Å²) in [6.07, 6.45) is 0. The molecular formula is C11H18NO4+. The van der Waals surface area contributed by atoms with Crippen molar-refractivity contribution < 1.29 is 23.5 Å². The van der Waals surface area contributed by atoms with E-state index in [-0.39, 0.29) is 12.4 Å². The van der Waals surface area contributed by atoms with E-state index in [9.17, 15) is 4.79 Å². The normalized spacial score (nSPS) is 11.5. The van der Waals surface area contributed by atoms with E-state index in [1.807, 2.05) is 21.1 Å². The summed E-state index contributed by atoms with van der Waals surface area (Å²) in [5, 5.41) is 8.77. The third kappa shape index (κ3) is 4.04. The van der Waals surface area contributed by atoms with Crippen molar-refractivity contribution >= 4 is 5.97 Å². The third-order valence-electron chi connectivity index (χ3n) is 2.01. The molecule has 0 radical (unpaired) electrons. The molecule has 0 amide bonds. The molecule has 90 valence electrons. The second kappa shape index (κ2) is 5.14. The first kappa shape index (κ1) is 12.7. The van der Waals surface area contributed by atoms with Gasteiger partial charge in [0.25, 0.3) is 0 Å². The van der Waals surface area contributed by atoms with Crippen LogP contribution in [0.4, 0.5) is 0 Å². The van der Waals surface area contributed by atoms with Crippen molar-refractivity contribution in [3.05, 3.63) is 23.7 Å². The van der Waals surface area contributed by atoms with Crippen LogP contribution in [0.1, 0.15) is 16.3 Å². The third-order valence-corrected chi connectivity index (χ3v) is 2.01. The van der Waals surface area contributed by atoms with Gasteiger partial charge >= 0.3 is 5.97 Å². The molecule has 1 aromatic rings. The molecule has 0 fully saturated rings. The van der Waals surface area contributed by atoms with Crippen LogP contribution in [0.5, 0.6) is 0 Å². The molecule has 0 bridgehead atoms. The van der Waals surface area contributed by atoms with Gasteiger partial charge < -0.3 is 18.7 Å². The van der Waals surface area contributed by atoms with Crippen molar-refractivity contribution in [1.29, 1.82) is 0 Å². The van der Waals surface area contributed by atoms with E-state index in [4.69, 9.17) is 14.3 Å². The maximum absolute atomic E-state index is 11.5. The Morgan fingerprint density at radius 3 is 2.62 bits per heavy atom. The molecular weight excluding hydrogens is 210 g/mol. The Morgan fingerprint density at radius 2 is 2.12 bits per heavy atom. The van der Waals surface area contributed by atoms with Gasteiger partial charge in [-0.25, -0.2) is 4.79 Å². The maximum atomic E-state index is 11.5. The summed E-state index contributed by atoms with van der Waals surface area (Å²) in [4.78, 5) is 11.5. The summed E-state index contributed by atoms with van der Waals surface area (Å²) < 4.78 is 10.8. The average Bonchev–Trinajstić information content (AvgIpc) is 2.63. The van der Waals surface area contributed by atoms with Gasteiger partial charge in [-0.05, 0) is 12.1 Å². The molecule has 0 aromatic carbocycles. The molecule has 0 unspecified atom stereocenters. The van der Waals surface area contributed by atoms with Gasteiger partial charge in [-0.15, -0.1) is 0 Å². The largest absolute Gasteiger partial charge is 0.454 e. The Bertz CT molecular complexity index is 351. The molecule has 1 heterocycles. The number of likely N-dealkylation sites (N-methyl/N-ethyl adjacent to an activating group) is 1. The molecule has 16 heavy (non-hydrogen) atoms. The minimum Gasteiger partial charge on any atom is -0.454 e. The van der Waals surface area contributed by atoms with Gasteiger partial charge in [0.05, 0.1) is 21.1 Å². The predicted molar refractivity (Wildman–Crippen MR) is 57.8 cm³/mol. The first-order valence-electron chi connectivity index (χ1n) is 5.09. The van der Waals surface area contributed by atoms with Gasteiger partial charge in [0.1, 0.15) is 25.5 Å². The lowest BCUT2D eigenvalue weighted by atomic mass is 10.4. The number of hydrogen-bond acceptors (Lipinski definition) is 4. The number of aliphatic hydroxyl groups excluding tert-OH is 1. The molecule has 0 saturated carbocycles. The van der Waals surface area contributed by atoms with Crippen LogP contribution in [0.25, 0.3) is 0 Å². The van der Waals surface area contributed by atoms with Gasteiger partial charge in [-0.3, -0.25) is 0 Å². The van der Waals surface area contributed by atoms with Crippen molar-refractivity contribution in [2.45, 2.75) is 6.61 Å². The van der Waals surface area contributed by atoms with Crippen LogP contribution in [0, 0.1) is 0 Å². The van der Waals surface area contributed by atoms with E-state index in [0.29, 0.717) is 12.4 Å². The monoisotopic (exact) mass is 228 g/mol. The number of quaternary nitrogens is 1. The SMILES string of the molecule is C[N+](C)(C)CCOC(=O)c1ccc(CO)o1. The van der Waals surface area contributed by atoms with Gasteiger partial charge in [0.15, 0.2) is 0 Å². The lowest BCUT2D eigenvalue weighted by Crippen LogP contribution is -2.37. The molecule has 0 aliphatic heterocycles. The Kier molecular flexibility index (Phi) is 4.09. The Morgan fingerprint density at radius 1 is 1.44 bits per heavy atom. The van der Waals surface area contributed by atoms with Crippen LogP contribution in [0.2, 0.25) is 0 Å².